The van der Waals surface area contributed by atoms with Crippen molar-refractivity contribution in [3.8, 4) is 17.2 Å². The van der Waals surface area contributed by atoms with Crippen LogP contribution in [0.15, 0.2) is 30.3 Å². The molecule has 0 atom stereocenters. The van der Waals surface area contributed by atoms with Crippen molar-refractivity contribution in [2.24, 2.45) is 0 Å². The summed E-state index contributed by atoms with van der Waals surface area (Å²) in [6, 6.07) is 6.16. The van der Waals surface area contributed by atoms with Crippen LogP contribution in [0.1, 0.15) is 26.7 Å². The van der Waals surface area contributed by atoms with Gasteiger partial charge in [0.1, 0.15) is 18.0 Å². The molecule has 0 fully saturated rings. The molecule has 35 heavy (non-hydrogen) atoms. The second-order valence-electron chi connectivity index (χ2n) is 7.50. The highest BCUT2D eigenvalue weighted by Crippen LogP contribution is 2.39. The molecular weight excluding hydrogens is 464 g/mol. The van der Waals surface area contributed by atoms with E-state index in [0.29, 0.717) is 26.1 Å². The van der Waals surface area contributed by atoms with E-state index < -0.39 is 33.9 Å². The van der Waals surface area contributed by atoms with Crippen molar-refractivity contribution >= 4 is 34.6 Å². The number of amides is 2. The molecule has 0 radical (unpaired) electrons. The van der Waals surface area contributed by atoms with Gasteiger partial charge in [-0.2, -0.15) is 0 Å². The maximum atomic E-state index is 12.8. The van der Waals surface area contributed by atoms with Crippen molar-refractivity contribution in [2.75, 3.05) is 36.6 Å². The zero-order chi connectivity index (χ0) is 25.5. The Morgan fingerprint density at radius 1 is 1.06 bits per heavy atom. The number of nitrogens with one attached hydrogen (secondary N) is 1. The molecule has 3 rings (SSSR count). The maximum Gasteiger partial charge on any atom is 0.296 e. The third kappa shape index (κ3) is 5.93. The molecule has 13 nitrogen and oxygen atoms in total. The number of fused-ring (bicyclic) bond motifs is 1. The van der Waals surface area contributed by atoms with E-state index >= 15 is 0 Å². The van der Waals surface area contributed by atoms with E-state index in [4.69, 9.17) is 14.2 Å². The van der Waals surface area contributed by atoms with Gasteiger partial charge in [0, 0.05) is 18.2 Å². The Kier molecular flexibility index (Phi) is 8.02. The van der Waals surface area contributed by atoms with Crippen LogP contribution in [0.25, 0.3) is 0 Å². The van der Waals surface area contributed by atoms with Gasteiger partial charge in [0.05, 0.1) is 34.8 Å². The smallest absolute Gasteiger partial charge is 0.296 e. The van der Waals surface area contributed by atoms with Crippen LogP contribution in [0.4, 0.5) is 22.7 Å². The number of carbonyl (C=O) groups excluding carboxylic acids is 2. The first-order chi connectivity index (χ1) is 16.7. The van der Waals surface area contributed by atoms with Gasteiger partial charge >= 0.3 is 0 Å². The number of anilines is 2. The van der Waals surface area contributed by atoms with E-state index in [1.165, 1.54) is 24.3 Å². The highest BCUT2D eigenvalue weighted by molar-refractivity contribution is 6.05. The van der Waals surface area contributed by atoms with Gasteiger partial charge in [-0.1, -0.05) is 13.8 Å². The van der Waals surface area contributed by atoms with E-state index in [1.54, 1.807) is 0 Å². The summed E-state index contributed by atoms with van der Waals surface area (Å²) in [5, 5.41) is 25.3. The summed E-state index contributed by atoms with van der Waals surface area (Å²) in [6.45, 7) is 3.50. The van der Waals surface area contributed by atoms with Crippen molar-refractivity contribution in [3.05, 3.63) is 50.6 Å². The predicted molar refractivity (Wildman–Crippen MR) is 124 cm³/mol. The van der Waals surface area contributed by atoms with Gasteiger partial charge in [0.2, 0.25) is 5.91 Å². The Bertz CT molecular complexity index is 1150. The number of rotatable bonds is 11. The lowest BCUT2D eigenvalue weighted by atomic mass is 10.2. The van der Waals surface area contributed by atoms with E-state index in [1.807, 2.05) is 13.8 Å². The standard InChI is InChI=1S/C22H24N4O9/c1-3-7-33-19-10-15(16(26(31)32)11-20(19)34-8-4-2)23-21(27)12-24-17-9-14(25(29)30)5-6-18(17)35-13-22(24)28/h5-6,9-11H,3-4,7-8,12-13H2,1-2H3,(H,23,27). The van der Waals surface area contributed by atoms with Gasteiger partial charge in [-0.3, -0.25) is 34.7 Å². The number of hydrogen-bond donors (Lipinski definition) is 1. The fourth-order valence-electron chi connectivity index (χ4n) is 3.26. The number of ether oxygens (including phenoxy) is 3. The Labute approximate surface area is 199 Å². The molecule has 13 heteroatoms. The summed E-state index contributed by atoms with van der Waals surface area (Å²) in [7, 11) is 0. The molecule has 0 saturated carbocycles. The average molecular weight is 488 g/mol. The number of nitro benzene ring substituents is 2. The average Bonchev–Trinajstić information content (AvgIpc) is 2.83. The SMILES string of the molecule is CCCOc1cc(NC(=O)CN2C(=O)COc3ccc([N+](=O)[O-])cc32)c([N+](=O)[O-])cc1OCCC. The largest absolute Gasteiger partial charge is 0.490 e. The van der Waals surface area contributed by atoms with Gasteiger partial charge in [0.15, 0.2) is 18.1 Å². The van der Waals surface area contributed by atoms with Gasteiger partial charge in [-0.25, -0.2) is 0 Å². The van der Waals surface area contributed by atoms with Crippen molar-refractivity contribution in [1.29, 1.82) is 0 Å². The lowest BCUT2D eigenvalue weighted by molar-refractivity contribution is -0.384. The summed E-state index contributed by atoms with van der Waals surface area (Å²) in [5.74, 6) is -0.761. The predicted octanol–water partition coefficient (Wildman–Crippen LogP) is 3.44. The Balaban J connectivity index is 1.89. The number of hydrogen-bond acceptors (Lipinski definition) is 9. The fraction of sp³-hybridized carbons (Fsp3) is 0.364. The first-order valence-electron chi connectivity index (χ1n) is 10.8. The number of non-ortho nitro benzene ring substituents is 1. The van der Waals surface area contributed by atoms with Crippen LogP contribution >= 0.6 is 0 Å². The highest BCUT2D eigenvalue weighted by Gasteiger charge is 2.30. The van der Waals surface area contributed by atoms with Crippen molar-refractivity contribution in [2.45, 2.75) is 26.7 Å². The second-order valence-corrected chi connectivity index (χ2v) is 7.50. The van der Waals surface area contributed by atoms with Gasteiger partial charge in [-0.05, 0) is 18.9 Å². The molecule has 2 aromatic rings. The Morgan fingerprint density at radius 2 is 1.71 bits per heavy atom. The number of benzene rings is 2. The molecule has 1 N–H and O–H groups in total. The zero-order valence-corrected chi connectivity index (χ0v) is 19.1. The van der Waals surface area contributed by atoms with Gasteiger partial charge in [-0.15, -0.1) is 0 Å². The molecule has 0 spiro atoms. The van der Waals surface area contributed by atoms with Crippen molar-refractivity contribution in [1.82, 2.24) is 0 Å². The molecule has 0 saturated heterocycles. The van der Waals surface area contributed by atoms with Crippen molar-refractivity contribution < 1.29 is 33.6 Å². The minimum Gasteiger partial charge on any atom is -0.490 e. The third-order valence-corrected chi connectivity index (χ3v) is 4.85. The molecule has 1 aliphatic rings. The van der Waals surface area contributed by atoms with Gasteiger partial charge in [0.25, 0.3) is 17.3 Å². The molecular formula is C22H24N4O9. The molecule has 1 aliphatic heterocycles. The minimum absolute atomic E-state index is 0.0513. The maximum absolute atomic E-state index is 12.8. The first kappa shape index (κ1) is 25.2. The highest BCUT2D eigenvalue weighted by atomic mass is 16.6. The molecule has 186 valence electrons. The minimum atomic E-state index is -0.760. The van der Waals surface area contributed by atoms with Crippen LogP contribution in [0, 0.1) is 20.2 Å². The molecule has 0 bridgehead atoms. The lowest BCUT2D eigenvalue weighted by Crippen LogP contribution is -2.43. The lowest BCUT2D eigenvalue weighted by Gasteiger charge is -2.28. The molecule has 2 aromatic carbocycles. The zero-order valence-electron chi connectivity index (χ0n) is 19.1. The molecule has 0 aliphatic carbocycles. The Hall–Kier alpha value is -4.42. The molecule has 0 unspecified atom stereocenters. The monoisotopic (exact) mass is 488 g/mol. The van der Waals surface area contributed by atoms with Crippen LogP contribution in [-0.2, 0) is 9.59 Å². The summed E-state index contributed by atoms with van der Waals surface area (Å²) in [6.07, 6.45) is 1.35. The van der Waals surface area contributed by atoms with Gasteiger partial charge < -0.3 is 19.5 Å². The molecule has 2 amide bonds. The van der Waals surface area contributed by atoms with Crippen LogP contribution in [0.5, 0.6) is 17.2 Å². The second kappa shape index (κ2) is 11.1. The topological polar surface area (TPSA) is 163 Å². The molecule has 0 aromatic heterocycles. The summed E-state index contributed by atoms with van der Waals surface area (Å²) >= 11 is 0. The third-order valence-electron chi connectivity index (χ3n) is 4.85. The van der Waals surface area contributed by atoms with Crippen LogP contribution in [0.2, 0.25) is 0 Å². The number of nitrogens with zero attached hydrogens (tertiary/aromatic N) is 3. The van der Waals surface area contributed by atoms with E-state index in [2.05, 4.69) is 5.32 Å². The quantitative estimate of drug-likeness (QED) is 0.368. The van der Waals surface area contributed by atoms with Crippen LogP contribution in [-0.4, -0.2) is 48.0 Å². The summed E-state index contributed by atoms with van der Waals surface area (Å²) in [5.41, 5.74) is -0.800. The van der Waals surface area contributed by atoms with Crippen molar-refractivity contribution in [3.63, 3.8) is 0 Å². The van der Waals surface area contributed by atoms with Crippen LogP contribution < -0.4 is 24.4 Å². The summed E-state index contributed by atoms with van der Waals surface area (Å²) < 4.78 is 16.5. The normalized spacial score (nSPS) is 12.4. The Morgan fingerprint density at radius 3 is 2.31 bits per heavy atom. The van der Waals surface area contributed by atoms with Crippen LogP contribution in [0.3, 0.4) is 0 Å². The molecule has 1 heterocycles. The van der Waals surface area contributed by atoms with E-state index in [0.717, 1.165) is 11.0 Å². The first-order valence-corrected chi connectivity index (χ1v) is 10.8. The fourth-order valence-corrected chi connectivity index (χ4v) is 3.26. The number of nitro groups is 2. The van der Waals surface area contributed by atoms with E-state index in [9.17, 15) is 29.8 Å². The number of carbonyl (C=O) groups is 2. The summed E-state index contributed by atoms with van der Waals surface area (Å²) in [4.78, 5) is 47.8. The van der Waals surface area contributed by atoms with E-state index in [-0.39, 0.29) is 40.9 Å².